The summed E-state index contributed by atoms with van der Waals surface area (Å²) in [7, 11) is 2.61. The largest absolute Gasteiger partial charge is 0.508 e. The fraction of sp³-hybridized carbons (Fsp3) is 0.456. The summed E-state index contributed by atoms with van der Waals surface area (Å²) in [5.74, 6) is -16.1. The number of aliphatic hydroxyl groups is 11. The van der Waals surface area contributed by atoms with Gasteiger partial charge in [0.25, 0.3) is 0 Å². The molecule has 45 nitrogen and oxygen atoms in total. The quantitative estimate of drug-likeness (QED) is 0.0451. The number of aliphatic hydroxyl groups excluding tert-OH is 11. The molecule has 7 aromatic rings. The number of hydrogen-bond donors (Lipinski definition) is 25. The highest BCUT2D eigenvalue weighted by Crippen LogP contribution is 2.51. The van der Waals surface area contributed by atoms with Crippen LogP contribution in [0.15, 0.2) is 127 Å². The molecule has 32 atom stereocenters. The lowest BCUT2D eigenvalue weighted by molar-refractivity contribution is -0.330. The van der Waals surface area contributed by atoms with E-state index in [9.17, 15) is 86.5 Å². The van der Waals surface area contributed by atoms with Gasteiger partial charge in [0.15, 0.2) is 42.5 Å². The standard InChI is InChI=1S/C90H103Cl2N9O36/c1-31-67(108)47(93)27-57(126-31)134-77-38-12-19-52(46(92)22-38)131-54-24-39-23-53(78(54)137-90-80(74(115)71(112)56(30-103)133-90)135-58-28-48(94)68(109)32(2)127-58)129-41-15-8-35(9-16-41)76(136-88-75(116)72(113)70(111)55(29-102)132-88)65(100-81(117)60(95-4)34-6-13-42(14-7-34)130-89-79(125-5)73(114)69(110)33(3)128-89)85(121)97-62(37-11-18-50(106)45(91)21-37)82(118)98-63(39)84(120)96-61-36-10-17-49(105)43(20-36)59-44(25-40(104)26-51(59)107)64(87(123)124)99-86(122)66(77)101-83(61)119/h6-26,31-33,47-48,55-58,60-77,79-80,88-90,95,102-116H,27-30,93-94H2,1-5H3,(H,96,120)(H,97,121)(H,98,118)(H,99,122)(H,100,117)(H,101,119)(H,123,124). The third-order valence-corrected chi connectivity index (χ3v) is 25.6. The van der Waals surface area contributed by atoms with Gasteiger partial charge in [0.05, 0.1) is 53.8 Å². The minimum atomic E-state index is -2.49. The number of hydrogen-bond acceptors (Lipinski definition) is 38. The molecule has 0 aromatic heterocycles. The molecule has 0 aliphatic carbocycles. The number of aliphatic carboxylic acids is 1. The molecule has 47 heteroatoms. The van der Waals surface area contributed by atoms with Crippen LogP contribution in [0.5, 0.6) is 57.5 Å². The van der Waals surface area contributed by atoms with E-state index < -0.39 is 334 Å². The topological polar surface area (TPSA) is 699 Å². The summed E-state index contributed by atoms with van der Waals surface area (Å²) in [6.45, 7) is 2.33. The summed E-state index contributed by atoms with van der Waals surface area (Å²) in [5.41, 5.74) is 9.57. The number of aromatic hydroxyl groups is 4. The Bertz CT molecular complexity index is 5580. The summed E-state index contributed by atoms with van der Waals surface area (Å²) in [5, 5.41) is 198. The number of carbonyl (C=O) groups excluding carboxylic acids is 6. The molecule has 6 amide bonds. The van der Waals surface area contributed by atoms with Gasteiger partial charge in [-0.15, -0.1) is 0 Å². The second kappa shape index (κ2) is 41.9. The molecule has 17 rings (SSSR count). The molecule has 5 fully saturated rings. The van der Waals surface area contributed by atoms with Gasteiger partial charge in [0, 0.05) is 54.8 Å². The molecule has 27 N–H and O–H groups in total. The third-order valence-electron chi connectivity index (χ3n) is 25.0. The van der Waals surface area contributed by atoms with E-state index >= 15 is 28.8 Å². The van der Waals surface area contributed by atoms with Gasteiger partial charge in [-0.25, -0.2) is 4.79 Å². The highest BCUT2D eigenvalue weighted by molar-refractivity contribution is 6.32. The van der Waals surface area contributed by atoms with Gasteiger partial charge in [-0.2, -0.15) is 0 Å². The number of benzene rings is 7. The van der Waals surface area contributed by atoms with E-state index in [0.29, 0.717) is 0 Å². The summed E-state index contributed by atoms with van der Waals surface area (Å²) in [6, 6.07) is 5.97. The molecular formula is C90H103Cl2N9O36. The van der Waals surface area contributed by atoms with Gasteiger partial charge in [-0.3, -0.25) is 28.8 Å². The number of carboxylic acids is 1. The van der Waals surface area contributed by atoms with E-state index in [-0.39, 0.29) is 46.6 Å². The number of nitrogens with two attached hydrogens (primary N) is 2. The molecule has 0 radical (unpaired) electrons. The van der Waals surface area contributed by atoms with Gasteiger partial charge < -0.3 is 192 Å². The minimum absolute atomic E-state index is 0.0847. The predicted octanol–water partition coefficient (Wildman–Crippen LogP) is -1.22. The number of phenols is 4. The highest BCUT2D eigenvalue weighted by atomic mass is 35.5. The lowest BCUT2D eigenvalue weighted by Crippen LogP contribution is -2.62. The second-order valence-corrected chi connectivity index (χ2v) is 35.0. The first-order valence-electron chi connectivity index (χ1n) is 43.3. The molecular weight excluding hydrogens is 1850 g/mol. The van der Waals surface area contributed by atoms with E-state index in [1.165, 1.54) is 89.5 Å². The Morgan fingerprint density at radius 1 is 0.489 bits per heavy atom. The number of nitrogens with one attached hydrogen (secondary N) is 7. The van der Waals surface area contributed by atoms with Gasteiger partial charge in [0.2, 0.25) is 53.8 Å². The zero-order valence-electron chi connectivity index (χ0n) is 73.2. The molecule has 11 bridgehead atoms. The number of phenolic OH excluding ortho intramolecular Hbond substituents is 4. The predicted molar refractivity (Wildman–Crippen MR) is 466 cm³/mol. The highest BCUT2D eigenvalue weighted by Gasteiger charge is 2.53. The normalized spacial score (nSPS) is 33.8. The monoisotopic (exact) mass is 1960 g/mol. The fourth-order valence-corrected chi connectivity index (χ4v) is 17.9. The summed E-state index contributed by atoms with van der Waals surface area (Å²) in [4.78, 5) is 112. The molecule has 10 heterocycles. The van der Waals surface area contributed by atoms with Crippen molar-refractivity contribution in [1.29, 1.82) is 0 Å². The van der Waals surface area contributed by atoms with Crippen molar-refractivity contribution in [1.82, 2.24) is 37.2 Å². The molecule has 10 aliphatic rings. The third kappa shape index (κ3) is 21.0. The molecule has 738 valence electrons. The Morgan fingerprint density at radius 3 is 1.63 bits per heavy atom. The first kappa shape index (κ1) is 100. The molecule has 32 unspecified atom stereocenters. The van der Waals surface area contributed by atoms with E-state index in [1.54, 1.807) is 0 Å². The zero-order chi connectivity index (χ0) is 98.5. The van der Waals surface area contributed by atoms with Crippen LogP contribution in [-0.4, -0.2) is 304 Å². The lowest BCUT2D eigenvalue weighted by atomic mass is 9.89. The molecule has 137 heavy (non-hydrogen) atoms. The number of methoxy groups -OCH3 is 1. The van der Waals surface area contributed by atoms with Crippen LogP contribution in [0.4, 0.5) is 0 Å². The molecule has 10 aliphatic heterocycles. The smallest absolute Gasteiger partial charge is 0.330 e. The van der Waals surface area contributed by atoms with E-state index in [0.717, 1.165) is 72.8 Å². The maximum Gasteiger partial charge on any atom is 0.330 e. The maximum absolute atomic E-state index is 17.0. The van der Waals surface area contributed by atoms with E-state index in [4.69, 9.17) is 96.2 Å². The van der Waals surface area contributed by atoms with Crippen LogP contribution in [0.1, 0.15) is 115 Å². The Labute approximate surface area is 788 Å². The van der Waals surface area contributed by atoms with Crippen molar-refractivity contribution < 1.29 is 177 Å². The number of fused-ring (bicyclic) bond motifs is 15. The van der Waals surface area contributed by atoms with E-state index in [1.807, 2.05) is 0 Å². The maximum atomic E-state index is 17.0. The molecule has 5 saturated heterocycles. The average molecular weight is 1960 g/mol. The van der Waals surface area contributed by atoms with Gasteiger partial charge in [-0.1, -0.05) is 65.7 Å². The van der Waals surface area contributed by atoms with Gasteiger partial charge in [0.1, 0.15) is 150 Å². The van der Waals surface area contributed by atoms with Crippen molar-refractivity contribution in [3.63, 3.8) is 0 Å². The SMILES string of the molecule is CNC(C(=O)NC1C(=O)NC(c2ccc(O)c(Cl)c2)C(=O)NC2C(=O)NC3C(=O)NC(C(=O)NC(C(=O)O)c4cc(O)cc(O)c4-c4cc3ccc4O)C(OC3CC(N)C(O)C(C)O3)c3ccc(c(Cl)c3)Oc3cc2cc(c3OC2OC(CO)C(O)C(O)C2OC2CC(N)C(O)C(C)O2)Oc2ccc(cc2)C1OC1OC(CO)C(O)C(O)C1O)c1ccc(OC2OC(C)C(O)C(O)C2OC)cc1. The first-order chi connectivity index (χ1) is 65.2. The Morgan fingerprint density at radius 2 is 1.03 bits per heavy atom. The second-order valence-electron chi connectivity index (χ2n) is 34.2. The van der Waals surface area contributed by atoms with Crippen LogP contribution in [0.25, 0.3) is 11.1 Å². The van der Waals surface area contributed by atoms with Crippen molar-refractivity contribution in [3.8, 4) is 68.6 Å². The zero-order valence-corrected chi connectivity index (χ0v) is 74.7. The number of amides is 6. The number of rotatable bonds is 19. The van der Waals surface area contributed by atoms with Gasteiger partial charge >= 0.3 is 5.97 Å². The van der Waals surface area contributed by atoms with Crippen LogP contribution in [0.3, 0.4) is 0 Å². The Hall–Kier alpha value is -11.1. The Kier molecular flexibility index (Phi) is 30.7. The van der Waals surface area contributed by atoms with Crippen LogP contribution in [-0.2, 0) is 76.2 Å². The summed E-state index contributed by atoms with van der Waals surface area (Å²) >= 11 is 14.2. The molecule has 7 aromatic carbocycles. The van der Waals surface area contributed by atoms with Crippen LogP contribution < -0.4 is 67.6 Å². The van der Waals surface area contributed by atoms with Gasteiger partial charge in [-0.05, 0) is 140 Å². The first-order valence-corrected chi connectivity index (χ1v) is 44.1. The van der Waals surface area contributed by atoms with Crippen molar-refractivity contribution in [2.75, 3.05) is 27.4 Å². The number of ether oxygens (including phenoxy) is 13. The summed E-state index contributed by atoms with van der Waals surface area (Å²) < 4.78 is 82.0. The van der Waals surface area contributed by atoms with Crippen molar-refractivity contribution in [3.05, 3.63) is 176 Å². The number of carboxylic acid groups (broad SMARTS) is 1. The number of likely N-dealkylation sites (N-methyl/N-ethyl adjacent to an activating group) is 1. The minimum Gasteiger partial charge on any atom is -0.508 e. The summed E-state index contributed by atoms with van der Waals surface area (Å²) in [6.07, 6.45) is -39.1. The Balaban J connectivity index is 0.955. The number of carbonyl (C=O) groups is 7. The lowest BCUT2D eigenvalue weighted by Gasteiger charge is -2.44. The van der Waals surface area contributed by atoms with Crippen LogP contribution in [0.2, 0.25) is 10.0 Å². The number of halogens is 2. The fourth-order valence-electron chi connectivity index (χ4n) is 17.5. The van der Waals surface area contributed by atoms with Crippen LogP contribution >= 0.6 is 23.2 Å². The molecule has 0 spiro atoms. The molecule has 0 saturated carbocycles. The average Bonchev–Trinajstić information content (AvgIpc) is 0.759. The van der Waals surface area contributed by atoms with Crippen molar-refractivity contribution in [2.45, 2.75) is 229 Å². The van der Waals surface area contributed by atoms with E-state index in [2.05, 4.69) is 37.2 Å². The van der Waals surface area contributed by atoms with Crippen molar-refractivity contribution >= 4 is 64.6 Å². The van der Waals surface area contributed by atoms with Crippen molar-refractivity contribution in [2.24, 2.45) is 11.5 Å². The van der Waals surface area contributed by atoms with Crippen LogP contribution in [0, 0.1) is 0 Å².